The normalized spacial score (nSPS) is 11.9. The van der Waals surface area contributed by atoms with Crippen LogP contribution in [0, 0.1) is 0 Å². The second-order valence-electron chi connectivity index (χ2n) is 16.1. The maximum absolute atomic E-state index is 16.0. The van der Waals surface area contributed by atoms with Crippen molar-refractivity contribution in [1.82, 2.24) is 9.97 Å². The number of fused-ring (bicyclic) bond motifs is 7. The number of hydrogen-bond donors (Lipinski definition) is 0. The lowest BCUT2D eigenvalue weighted by molar-refractivity contribution is 0.592. The summed E-state index contributed by atoms with van der Waals surface area (Å²) in [5.41, 5.74) is 8.14. The number of hydrogen-bond acceptors (Lipinski definition) is 3. The van der Waals surface area contributed by atoms with Crippen LogP contribution < -0.4 is 15.9 Å². The fraction of sp³-hybridized carbons (Fsp3) is 0. The van der Waals surface area contributed by atoms with Crippen LogP contribution >= 0.6 is 7.14 Å². The Morgan fingerprint density at radius 2 is 0.806 bits per heavy atom. The molecule has 0 radical (unpaired) electrons. The monoisotopic (exact) mass is 808 g/mol. The Kier molecular flexibility index (Phi) is 8.45. The molecule has 0 aliphatic carbocycles. The first kappa shape index (κ1) is 36.2. The predicted octanol–water partition coefficient (Wildman–Crippen LogP) is 14.0. The zero-order valence-electron chi connectivity index (χ0n) is 33.6. The van der Waals surface area contributed by atoms with Gasteiger partial charge in [-0.25, -0.2) is 4.98 Å². The van der Waals surface area contributed by atoms with Crippen LogP contribution in [-0.2, 0) is 4.57 Å². The first-order valence-electron chi connectivity index (χ1n) is 21.0. The van der Waals surface area contributed by atoms with E-state index in [0.29, 0.717) is 0 Å². The van der Waals surface area contributed by atoms with Crippen LogP contribution in [0.3, 0.4) is 0 Å². The second kappa shape index (κ2) is 14.5. The molecule has 10 aromatic carbocycles. The highest BCUT2D eigenvalue weighted by molar-refractivity contribution is 7.85. The molecule has 12 aromatic rings. The van der Waals surface area contributed by atoms with Crippen LogP contribution in [0.5, 0.6) is 0 Å². The fourth-order valence-electron chi connectivity index (χ4n) is 9.49. The highest BCUT2D eigenvalue weighted by Crippen LogP contribution is 2.48. The summed E-state index contributed by atoms with van der Waals surface area (Å²) in [6.07, 6.45) is 1.84. The molecule has 12 rings (SSSR count). The average molecular weight is 809 g/mol. The molecule has 0 aliphatic heterocycles. The van der Waals surface area contributed by atoms with Crippen LogP contribution in [0.4, 0.5) is 0 Å². The highest BCUT2D eigenvalue weighted by Gasteiger charge is 2.31. The van der Waals surface area contributed by atoms with E-state index in [9.17, 15) is 0 Å². The Morgan fingerprint density at radius 1 is 0.323 bits per heavy atom. The lowest BCUT2D eigenvalue weighted by Gasteiger charge is -2.23. The van der Waals surface area contributed by atoms with Crippen molar-refractivity contribution in [2.75, 3.05) is 0 Å². The van der Waals surface area contributed by atoms with Crippen molar-refractivity contribution >= 4 is 88.0 Å². The Bertz CT molecular complexity index is 3740. The third-order valence-corrected chi connectivity index (χ3v) is 15.6. The number of benzene rings is 10. The van der Waals surface area contributed by atoms with Gasteiger partial charge in [-0.05, 0) is 102 Å². The van der Waals surface area contributed by atoms with Gasteiger partial charge in [-0.15, -0.1) is 0 Å². The van der Waals surface area contributed by atoms with Gasteiger partial charge in [-0.3, -0.25) is 4.98 Å². The molecule has 0 N–H and O–H groups in total. The van der Waals surface area contributed by atoms with Crippen LogP contribution in [0.1, 0.15) is 0 Å². The standard InChI is InChI=1S/C58H37N2OP/c61-62(47-17-3-1-4-18-47,48-19-5-2-6-20-48)49-29-31-51-53(37-49)56(46-26-22-39-13-8-10-15-43(39)35-46)50-30-27-44(36-52(50)55(51)45-25-21-38-12-7-9-14-42(38)34-45)54-32-28-41-24-23-40-16-11-33-59-57(40)58(41)60-54/h1-37H. The van der Waals surface area contributed by atoms with Gasteiger partial charge in [-0.2, -0.15) is 0 Å². The van der Waals surface area contributed by atoms with Gasteiger partial charge in [0.2, 0.25) is 0 Å². The summed E-state index contributed by atoms with van der Waals surface area (Å²) < 4.78 is 16.0. The summed E-state index contributed by atoms with van der Waals surface area (Å²) in [5, 5.41) is 13.6. The van der Waals surface area contributed by atoms with Crippen molar-refractivity contribution in [2.45, 2.75) is 0 Å². The number of rotatable bonds is 6. The molecule has 0 aliphatic rings. The molecule has 0 bridgehead atoms. The molecule has 0 atom stereocenters. The molecule has 0 saturated heterocycles. The smallest absolute Gasteiger partial charge is 0.171 e. The summed E-state index contributed by atoms with van der Waals surface area (Å²) in [6, 6.07) is 76.5. The molecule has 0 unspecified atom stereocenters. The molecule has 62 heavy (non-hydrogen) atoms. The quantitative estimate of drug-likeness (QED) is 0.0955. The van der Waals surface area contributed by atoms with E-state index in [1.165, 1.54) is 16.2 Å². The first-order chi connectivity index (χ1) is 30.6. The Hall–Kier alpha value is -7.71. The molecule has 3 nitrogen and oxygen atoms in total. The van der Waals surface area contributed by atoms with E-state index in [1.54, 1.807) is 0 Å². The van der Waals surface area contributed by atoms with Crippen molar-refractivity contribution < 1.29 is 4.57 Å². The largest absolute Gasteiger partial charge is 0.309 e. The van der Waals surface area contributed by atoms with Gasteiger partial charge in [-0.1, -0.05) is 182 Å². The molecule has 0 saturated carbocycles. The van der Waals surface area contributed by atoms with Gasteiger partial charge in [0.1, 0.15) is 0 Å². The van der Waals surface area contributed by atoms with E-state index in [2.05, 4.69) is 152 Å². The number of aromatic nitrogens is 2. The van der Waals surface area contributed by atoms with Gasteiger partial charge in [0, 0.05) is 38.4 Å². The first-order valence-corrected chi connectivity index (χ1v) is 22.7. The Labute approximate surface area is 359 Å². The SMILES string of the molecule is O=P(c1ccccc1)(c1ccccc1)c1ccc2c(-c3ccc4ccccc4c3)c3cc(-c4ccc5ccc6cccnc6c5n4)ccc3c(-c3ccc4ccccc4c3)c2c1. The summed E-state index contributed by atoms with van der Waals surface area (Å²) >= 11 is 0. The van der Waals surface area contributed by atoms with Crippen LogP contribution in [0.2, 0.25) is 0 Å². The molecule has 2 aromatic heterocycles. The fourth-order valence-corrected chi connectivity index (χ4v) is 12.2. The molecule has 4 heteroatoms. The molecule has 0 fully saturated rings. The summed E-state index contributed by atoms with van der Waals surface area (Å²) in [5.74, 6) is 0. The molecule has 0 spiro atoms. The van der Waals surface area contributed by atoms with Crippen LogP contribution in [0.25, 0.3) is 98.4 Å². The Morgan fingerprint density at radius 3 is 1.44 bits per heavy atom. The van der Waals surface area contributed by atoms with Gasteiger partial charge >= 0.3 is 0 Å². The van der Waals surface area contributed by atoms with Crippen molar-refractivity contribution in [1.29, 1.82) is 0 Å². The minimum absolute atomic E-state index is 0.797. The zero-order chi connectivity index (χ0) is 41.2. The molecular formula is C58H37N2OP. The van der Waals surface area contributed by atoms with Gasteiger partial charge in [0.15, 0.2) is 7.14 Å². The van der Waals surface area contributed by atoms with Crippen LogP contribution in [-0.4, -0.2) is 9.97 Å². The lowest BCUT2D eigenvalue weighted by atomic mass is 9.84. The van der Waals surface area contributed by atoms with Crippen molar-refractivity contribution in [3.8, 4) is 33.5 Å². The summed E-state index contributed by atoms with van der Waals surface area (Å²) in [7, 11) is -3.31. The van der Waals surface area contributed by atoms with E-state index in [4.69, 9.17) is 9.97 Å². The van der Waals surface area contributed by atoms with Gasteiger partial charge < -0.3 is 4.57 Å². The highest BCUT2D eigenvalue weighted by atomic mass is 31.2. The van der Waals surface area contributed by atoms with E-state index in [1.807, 2.05) is 72.9 Å². The topological polar surface area (TPSA) is 42.9 Å². The van der Waals surface area contributed by atoms with Gasteiger partial charge in [0.05, 0.1) is 16.7 Å². The predicted molar refractivity (Wildman–Crippen MR) is 263 cm³/mol. The minimum Gasteiger partial charge on any atom is -0.309 e. The molecular weight excluding hydrogens is 772 g/mol. The lowest BCUT2D eigenvalue weighted by Crippen LogP contribution is -2.25. The maximum Gasteiger partial charge on any atom is 0.171 e. The van der Waals surface area contributed by atoms with E-state index < -0.39 is 7.14 Å². The van der Waals surface area contributed by atoms with Crippen molar-refractivity contribution in [3.63, 3.8) is 0 Å². The van der Waals surface area contributed by atoms with E-state index in [0.717, 1.165) is 98.2 Å². The number of nitrogens with zero attached hydrogens (tertiary/aromatic N) is 2. The van der Waals surface area contributed by atoms with E-state index >= 15 is 4.57 Å². The molecule has 290 valence electrons. The zero-order valence-corrected chi connectivity index (χ0v) is 34.5. The van der Waals surface area contributed by atoms with Gasteiger partial charge in [0.25, 0.3) is 0 Å². The average Bonchev–Trinajstić information content (AvgIpc) is 3.35. The minimum atomic E-state index is -3.31. The van der Waals surface area contributed by atoms with Crippen molar-refractivity contribution in [3.05, 3.63) is 225 Å². The second-order valence-corrected chi connectivity index (χ2v) is 18.8. The molecule has 0 amide bonds. The third-order valence-electron chi connectivity index (χ3n) is 12.5. The maximum atomic E-state index is 16.0. The number of pyridine rings is 2. The third kappa shape index (κ3) is 5.85. The van der Waals surface area contributed by atoms with Crippen molar-refractivity contribution in [2.24, 2.45) is 0 Å². The summed E-state index contributed by atoms with van der Waals surface area (Å²) in [6.45, 7) is 0. The van der Waals surface area contributed by atoms with E-state index in [-0.39, 0.29) is 0 Å². The molecule has 2 heterocycles. The Balaban J connectivity index is 1.20. The van der Waals surface area contributed by atoms with Crippen LogP contribution in [0.15, 0.2) is 225 Å². The summed E-state index contributed by atoms with van der Waals surface area (Å²) in [4.78, 5) is 10.1.